The van der Waals surface area contributed by atoms with Crippen LogP contribution in [-0.2, 0) is 13.9 Å². The lowest BCUT2D eigenvalue weighted by molar-refractivity contribution is -0.0698. The number of carbonyl (C=O) groups is 1. The molecule has 3 rings (SSSR count). The number of aliphatic hydroxyl groups is 1. The number of cyclic esters (lactones) is 1. The van der Waals surface area contributed by atoms with Crippen LogP contribution in [0.4, 0.5) is 9.18 Å². The van der Waals surface area contributed by atoms with E-state index in [9.17, 15) is 14.3 Å². The number of benzene rings is 2. The van der Waals surface area contributed by atoms with Crippen molar-refractivity contribution in [3.05, 3.63) is 69.9 Å². The fourth-order valence-corrected chi connectivity index (χ4v) is 4.65. The fourth-order valence-electron chi connectivity index (χ4n) is 3.59. The Morgan fingerprint density at radius 2 is 1.89 bits per heavy atom. The molecule has 2 atom stereocenters. The molecule has 2 aromatic rings. The number of alkyl halides is 1. The summed E-state index contributed by atoms with van der Waals surface area (Å²) >= 11 is 5.70. The highest BCUT2D eigenvalue weighted by atomic mass is 127. The molecule has 1 heterocycles. The van der Waals surface area contributed by atoms with Gasteiger partial charge in [0, 0.05) is 24.0 Å². The first-order chi connectivity index (χ1) is 13.3. The standard InChI is InChI=1S/C21H22BrFINO3/c1-20(24,15-3-7-17(22)8-4-15)25-13-12-21(11-2-14-26,28-19(25)27)16-5-9-18(23)10-6-16/h3-10,26H,2,11-14H2,1H3/t20-,21?/m1/s1. The second-order valence-electron chi connectivity index (χ2n) is 7.06. The number of amides is 1. The highest BCUT2D eigenvalue weighted by Crippen LogP contribution is 2.44. The van der Waals surface area contributed by atoms with Gasteiger partial charge in [0.1, 0.15) is 15.0 Å². The largest absolute Gasteiger partial charge is 0.438 e. The predicted molar refractivity (Wildman–Crippen MR) is 118 cm³/mol. The van der Waals surface area contributed by atoms with Crippen LogP contribution in [0, 0.1) is 5.82 Å². The van der Waals surface area contributed by atoms with Gasteiger partial charge in [0.25, 0.3) is 0 Å². The summed E-state index contributed by atoms with van der Waals surface area (Å²) < 4.78 is 19.8. The molecule has 0 radical (unpaired) electrons. The Morgan fingerprint density at radius 1 is 1.25 bits per heavy atom. The second-order valence-corrected chi connectivity index (χ2v) is 10.1. The summed E-state index contributed by atoms with van der Waals surface area (Å²) in [6, 6.07) is 13.9. The van der Waals surface area contributed by atoms with Crippen molar-refractivity contribution >= 4 is 44.6 Å². The van der Waals surface area contributed by atoms with Gasteiger partial charge in [-0.1, -0.05) is 40.2 Å². The van der Waals surface area contributed by atoms with Crippen molar-refractivity contribution in [2.45, 2.75) is 35.3 Å². The Bertz CT molecular complexity index is 829. The Labute approximate surface area is 186 Å². The van der Waals surface area contributed by atoms with Crippen LogP contribution in [0.3, 0.4) is 0 Å². The van der Waals surface area contributed by atoms with Crippen molar-refractivity contribution < 1.29 is 19.0 Å². The Morgan fingerprint density at radius 3 is 2.46 bits per heavy atom. The summed E-state index contributed by atoms with van der Waals surface area (Å²) in [6.45, 7) is 2.49. The van der Waals surface area contributed by atoms with E-state index in [1.165, 1.54) is 12.1 Å². The molecule has 7 heteroatoms. The number of hydrogen-bond donors (Lipinski definition) is 1. The van der Waals surface area contributed by atoms with Crippen LogP contribution in [0.15, 0.2) is 53.0 Å². The summed E-state index contributed by atoms with van der Waals surface area (Å²) in [6.07, 6.45) is 1.15. The first kappa shape index (κ1) is 21.5. The molecular weight excluding hydrogens is 540 g/mol. The lowest BCUT2D eigenvalue weighted by Crippen LogP contribution is -2.53. The minimum atomic E-state index is -0.851. The predicted octanol–water partition coefficient (Wildman–Crippen LogP) is 5.71. The lowest BCUT2D eigenvalue weighted by Gasteiger charge is -2.46. The quantitative estimate of drug-likeness (QED) is 0.279. The summed E-state index contributed by atoms with van der Waals surface area (Å²) in [5, 5.41) is 9.30. The van der Waals surface area contributed by atoms with Crippen LogP contribution in [0.5, 0.6) is 0 Å². The number of nitrogens with zero attached hydrogens (tertiary/aromatic N) is 1. The molecule has 0 aromatic heterocycles. The van der Waals surface area contributed by atoms with Crippen molar-refractivity contribution in [1.29, 1.82) is 0 Å². The van der Waals surface area contributed by atoms with E-state index < -0.39 is 15.2 Å². The highest BCUT2D eigenvalue weighted by molar-refractivity contribution is 14.1. The molecule has 0 aliphatic carbocycles. The zero-order valence-corrected chi connectivity index (χ0v) is 19.2. The first-order valence-electron chi connectivity index (χ1n) is 9.11. The molecule has 2 aromatic carbocycles. The molecule has 1 N–H and O–H groups in total. The molecule has 28 heavy (non-hydrogen) atoms. The summed E-state index contributed by atoms with van der Waals surface area (Å²) in [7, 11) is 0. The zero-order valence-electron chi connectivity index (χ0n) is 15.5. The van der Waals surface area contributed by atoms with Crippen LogP contribution in [0.1, 0.15) is 37.3 Å². The van der Waals surface area contributed by atoms with E-state index in [4.69, 9.17) is 4.74 Å². The smallest absolute Gasteiger partial charge is 0.412 e. The maximum Gasteiger partial charge on any atom is 0.412 e. The number of hydrogen-bond acceptors (Lipinski definition) is 3. The fraction of sp³-hybridized carbons (Fsp3) is 0.381. The second kappa shape index (κ2) is 8.67. The minimum Gasteiger partial charge on any atom is -0.438 e. The maximum absolute atomic E-state index is 13.4. The minimum absolute atomic E-state index is 0.00705. The molecule has 1 amide bonds. The third-order valence-corrected chi connectivity index (χ3v) is 6.96. The third kappa shape index (κ3) is 4.36. The van der Waals surface area contributed by atoms with E-state index in [-0.39, 0.29) is 12.4 Å². The van der Waals surface area contributed by atoms with E-state index >= 15 is 0 Å². The van der Waals surface area contributed by atoms with Crippen LogP contribution in [-0.4, -0.2) is 29.3 Å². The number of rotatable bonds is 6. The van der Waals surface area contributed by atoms with Gasteiger partial charge in [0.2, 0.25) is 0 Å². The number of carbonyl (C=O) groups excluding carboxylic acids is 1. The van der Waals surface area contributed by atoms with Gasteiger partial charge in [-0.05, 0) is 77.7 Å². The summed E-state index contributed by atoms with van der Waals surface area (Å²) in [5.41, 5.74) is 0.906. The number of ether oxygens (including phenoxy) is 1. The first-order valence-corrected chi connectivity index (χ1v) is 11.0. The van der Waals surface area contributed by atoms with E-state index in [0.29, 0.717) is 25.8 Å². The van der Waals surface area contributed by atoms with Gasteiger partial charge in [-0.15, -0.1) is 0 Å². The molecule has 1 aliphatic rings. The van der Waals surface area contributed by atoms with Gasteiger partial charge in [-0.2, -0.15) is 0 Å². The van der Waals surface area contributed by atoms with Crippen molar-refractivity contribution in [2.24, 2.45) is 0 Å². The zero-order chi connectivity index (χ0) is 20.4. The number of halogens is 3. The van der Waals surface area contributed by atoms with Crippen molar-refractivity contribution in [3.8, 4) is 0 Å². The van der Waals surface area contributed by atoms with Crippen LogP contribution in [0.25, 0.3) is 0 Å². The van der Waals surface area contributed by atoms with Crippen LogP contribution in [0.2, 0.25) is 0 Å². The van der Waals surface area contributed by atoms with E-state index in [2.05, 4.69) is 38.5 Å². The van der Waals surface area contributed by atoms with Gasteiger partial charge in [-0.25, -0.2) is 9.18 Å². The average Bonchev–Trinajstić information content (AvgIpc) is 2.67. The third-order valence-electron chi connectivity index (χ3n) is 5.23. The van der Waals surface area contributed by atoms with Crippen LogP contribution < -0.4 is 0 Å². The molecule has 4 nitrogen and oxygen atoms in total. The Balaban J connectivity index is 1.87. The SMILES string of the molecule is C[C@](I)(c1ccc(Br)cc1)N1CCC(CCCO)(c2ccc(F)cc2)OC1=O. The Kier molecular flexibility index (Phi) is 6.66. The van der Waals surface area contributed by atoms with Crippen molar-refractivity contribution in [1.82, 2.24) is 4.90 Å². The Hall–Kier alpha value is -1.19. The summed E-state index contributed by atoms with van der Waals surface area (Å²) in [5.74, 6) is -0.333. The molecule has 0 bridgehead atoms. The van der Waals surface area contributed by atoms with Gasteiger partial charge in [-0.3, -0.25) is 4.90 Å². The molecule has 150 valence electrons. The normalized spacial score (nSPS) is 21.9. The van der Waals surface area contributed by atoms with E-state index in [1.807, 2.05) is 31.2 Å². The van der Waals surface area contributed by atoms with Crippen LogP contribution >= 0.6 is 38.5 Å². The molecule has 1 unspecified atom stereocenters. The topological polar surface area (TPSA) is 49.8 Å². The summed E-state index contributed by atoms with van der Waals surface area (Å²) in [4.78, 5) is 14.8. The van der Waals surface area contributed by atoms with E-state index in [1.54, 1.807) is 17.0 Å². The van der Waals surface area contributed by atoms with Gasteiger partial charge >= 0.3 is 6.09 Å². The molecular formula is C21H22BrFINO3. The van der Waals surface area contributed by atoms with Gasteiger partial charge < -0.3 is 9.84 Å². The molecule has 1 aliphatic heterocycles. The van der Waals surface area contributed by atoms with Gasteiger partial charge in [0.15, 0.2) is 0 Å². The van der Waals surface area contributed by atoms with Gasteiger partial charge in [0.05, 0.1) is 0 Å². The monoisotopic (exact) mass is 561 g/mol. The highest BCUT2D eigenvalue weighted by Gasteiger charge is 2.46. The lowest BCUT2D eigenvalue weighted by atomic mass is 9.84. The maximum atomic E-state index is 13.4. The van der Waals surface area contributed by atoms with E-state index in [0.717, 1.165) is 15.6 Å². The van der Waals surface area contributed by atoms with Crippen molar-refractivity contribution in [3.63, 3.8) is 0 Å². The average molecular weight is 562 g/mol. The molecule has 1 saturated heterocycles. The number of aliphatic hydroxyl groups excluding tert-OH is 1. The molecule has 0 spiro atoms. The van der Waals surface area contributed by atoms with Crippen molar-refractivity contribution in [2.75, 3.05) is 13.2 Å². The molecule has 1 fully saturated rings. The molecule has 0 saturated carbocycles.